The van der Waals surface area contributed by atoms with Crippen LogP contribution in [0.4, 0.5) is 5.69 Å². The number of benzene rings is 1. The molecule has 1 aliphatic heterocycles. The number of rotatable bonds is 2. The topological polar surface area (TPSA) is 49.5 Å². The maximum Gasteiger partial charge on any atom is 0.0644 e. The van der Waals surface area contributed by atoms with Crippen molar-refractivity contribution < 1.29 is 5.11 Å². The molecule has 1 saturated heterocycles. The summed E-state index contributed by atoms with van der Waals surface area (Å²) >= 11 is 3.40. The van der Waals surface area contributed by atoms with Crippen molar-refractivity contribution in [2.45, 2.75) is 31.9 Å². The Balaban J connectivity index is 1.95. The molecule has 3 nitrogen and oxygen atoms in total. The third-order valence-corrected chi connectivity index (χ3v) is 4.12. The predicted molar refractivity (Wildman–Crippen MR) is 73.7 cm³/mol. The largest absolute Gasteiger partial charge is 0.398 e. The molecule has 0 spiro atoms. The lowest BCUT2D eigenvalue weighted by Crippen LogP contribution is -2.41. The monoisotopic (exact) mass is 298 g/mol. The van der Waals surface area contributed by atoms with E-state index in [4.69, 9.17) is 5.73 Å². The van der Waals surface area contributed by atoms with Crippen molar-refractivity contribution in [2.24, 2.45) is 0 Å². The van der Waals surface area contributed by atoms with Crippen LogP contribution in [0, 0.1) is 0 Å². The van der Waals surface area contributed by atoms with Gasteiger partial charge in [-0.05, 0) is 53.4 Å². The van der Waals surface area contributed by atoms with E-state index in [2.05, 4.69) is 26.9 Å². The number of hydrogen-bond donors (Lipinski definition) is 2. The second-order valence-corrected chi connectivity index (χ2v) is 5.98. The second kappa shape index (κ2) is 4.96. The Labute approximate surface area is 111 Å². The van der Waals surface area contributed by atoms with Crippen molar-refractivity contribution in [3.05, 3.63) is 28.2 Å². The molecule has 0 radical (unpaired) electrons. The Morgan fingerprint density at radius 1 is 1.41 bits per heavy atom. The van der Waals surface area contributed by atoms with Crippen LogP contribution in [0.3, 0.4) is 0 Å². The highest BCUT2D eigenvalue weighted by atomic mass is 79.9. The summed E-state index contributed by atoms with van der Waals surface area (Å²) in [6.07, 6.45) is 1.69. The molecule has 3 N–H and O–H groups in total. The summed E-state index contributed by atoms with van der Waals surface area (Å²) < 4.78 is 0.947. The van der Waals surface area contributed by atoms with Gasteiger partial charge in [0.25, 0.3) is 0 Å². The van der Waals surface area contributed by atoms with Crippen LogP contribution >= 0.6 is 15.9 Å². The molecule has 1 aliphatic rings. The van der Waals surface area contributed by atoms with Crippen LogP contribution in [-0.2, 0) is 6.54 Å². The number of halogens is 1. The summed E-state index contributed by atoms with van der Waals surface area (Å²) in [7, 11) is 0. The molecule has 0 saturated carbocycles. The number of anilines is 1. The number of nitrogens with two attached hydrogens (primary N) is 1. The van der Waals surface area contributed by atoms with Crippen LogP contribution in [0.25, 0.3) is 0 Å². The molecule has 0 amide bonds. The molecular formula is C13H19BrN2O. The summed E-state index contributed by atoms with van der Waals surface area (Å²) in [6.45, 7) is 4.72. The lowest BCUT2D eigenvalue weighted by molar-refractivity contribution is -0.00729. The fourth-order valence-electron chi connectivity index (χ4n) is 2.14. The van der Waals surface area contributed by atoms with E-state index in [0.29, 0.717) is 0 Å². The highest BCUT2D eigenvalue weighted by molar-refractivity contribution is 9.10. The van der Waals surface area contributed by atoms with E-state index < -0.39 is 5.60 Å². The Morgan fingerprint density at radius 3 is 2.65 bits per heavy atom. The number of likely N-dealkylation sites (tertiary alicyclic amines) is 1. The molecule has 0 unspecified atom stereocenters. The summed E-state index contributed by atoms with van der Waals surface area (Å²) in [5, 5.41) is 9.89. The average molecular weight is 299 g/mol. The SMILES string of the molecule is CC1(O)CCN(Cc2ccc(Br)c(N)c2)CC1. The van der Waals surface area contributed by atoms with E-state index in [1.807, 2.05) is 19.1 Å². The van der Waals surface area contributed by atoms with Crippen molar-refractivity contribution in [2.75, 3.05) is 18.8 Å². The molecule has 2 rings (SSSR count). The molecule has 1 heterocycles. The van der Waals surface area contributed by atoms with Crippen molar-refractivity contribution in [3.63, 3.8) is 0 Å². The maximum atomic E-state index is 9.89. The zero-order valence-electron chi connectivity index (χ0n) is 10.1. The molecule has 0 atom stereocenters. The summed E-state index contributed by atoms with van der Waals surface area (Å²) in [6, 6.07) is 6.09. The van der Waals surface area contributed by atoms with Crippen LogP contribution in [0.2, 0.25) is 0 Å². The van der Waals surface area contributed by atoms with Gasteiger partial charge < -0.3 is 10.8 Å². The van der Waals surface area contributed by atoms with Gasteiger partial charge in [-0.3, -0.25) is 4.90 Å². The zero-order valence-corrected chi connectivity index (χ0v) is 11.7. The third-order valence-electron chi connectivity index (χ3n) is 3.40. The summed E-state index contributed by atoms with van der Waals surface area (Å²) in [4.78, 5) is 2.36. The molecule has 94 valence electrons. The number of nitrogens with zero attached hydrogens (tertiary/aromatic N) is 1. The first kappa shape index (κ1) is 12.9. The van der Waals surface area contributed by atoms with E-state index in [1.54, 1.807) is 0 Å². The number of aliphatic hydroxyl groups is 1. The summed E-state index contributed by atoms with van der Waals surface area (Å²) in [5.41, 5.74) is 7.40. The fourth-order valence-corrected chi connectivity index (χ4v) is 2.39. The van der Waals surface area contributed by atoms with E-state index in [9.17, 15) is 5.11 Å². The Kier molecular flexibility index (Phi) is 3.76. The molecular weight excluding hydrogens is 280 g/mol. The van der Waals surface area contributed by atoms with Gasteiger partial charge in [-0.15, -0.1) is 0 Å². The quantitative estimate of drug-likeness (QED) is 0.824. The van der Waals surface area contributed by atoms with Gasteiger partial charge in [0.05, 0.1) is 5.60 Å². The lowest BCUT2D eigenvalue weighted by Gasteiger charge is -2.35. The van der Waals surface area contributed by atoms with E-state index in [0.717, 1.165) is 42.6 Å². The fraction of sp³-hybridized carbons (Fsp3) is 0.538. The molecule has 1 fully saturated rings. The molecule has 1 aromatic carbocycles. The van der Waals surface area contributed by atoms with E-state index in [-0.39, 0.29) is 0 Å². The smallest absolute Gasteiger partial charge is 0.0644 e. The average Bonchev–Trinajstić information content (AvgIpc) is 2.27. The van der Waals surface area contributed by atoms with Gasteiger partial charge in [-0.2, -0.15) is 0 Å². The first-order chi connectivity index (χ1) is 7.96. The Morgan fingerprint density at radius 2 is 2.06 bits per heavy atom. The van der Waals surface area contributed by atoms with Gasteiger partial charge in [0.2, 0.25) is 0 Å². The van der Waals surface area contributed by atoms with Crippen LogP contribution in [-0.4, -0.2) is 28.7 Å². The van der Waals surface area contributed by atoms with Crippen molar-refractivity contribution in [3.8, 4) is 0 Å². The minimum absolute atomic E-state index is 0.477. The normalized spacial score (nSPS) is 20.4. The molecule has 0 aliphatic carbocycles. The minimum Gasteiger partial charge on any atom is -0.398 e. The standard InChI is InChI=1S/C13H19BrN2O/c1-13(17)4-6-16(7-5-13)9-10-2-3-11(14)12(15)8-10/h2-3,8,17H,4-7,9,15H2,1H3. The molecule has 1 aromatic rings. The van der Waals surface area contributed by atoms with E-state index in [1.165, 1.54) is 5.56 Å². The number of piperidine rings is 1. The molecule has 17 heavy (non-hydrogen) atoms. The van der Waals surface area contributed by atoms with Crippen molar-refractivity contribution >= 4 is 21.6 Å². The number of hydrogen-bond acceptors (Lipinski definition) is 3. The van der Waals surface area contributed by atoms with Gasteiger partial charge >= 0.3 is 0 Å². The van der Waals surface area contributed by atoms with Crippen LogP contribution < -0.4 is 5.73 Å². The lowest BCUT2D eigenvalue weighted by atomic mass is 9.93. The minimum atomic E-state index is -0.477. The highest BCUT2D eigenvalue weighted by Crippen LogP contribution is 2.24. The molecule has 0 aromatic heterocycles. The maximum absolute atomic E-state index is 9.89. The third kappa shape index (κ3) is 3.44. The summed E-state index contributed by atoms with van der Waals surface area (Å²) in [5.74, 6) is 0. The first-order valence-corrected chi connectivity index (χ1v) is 6.74. The Bertz CT molecular complexity index is 396. The van der Waals surface area contributed by atoms with Gasteiger partial charge in [0, 0.05) is 29.8 Å². The van der Waals surface area contributed by atoms with Crippen LogP contribution in [0.15, 0.2) is 22.7 Å². The van der Waals surface area contributed by atoms with Gasteiger partial charge in [-0.1, -0.05) is 6.07 Å². The van der Waals surface area contributed by atoms with E-state index >= 15 is 0 Å². The van der Waals surface area contributed by atoms with Gasteiger partial charge in [0.15, 0.2) is 0 Å². The first-order valence-electron chi connectivity index (χ1n) is 5.95. The highest BCUT2D eigenvalue weighted by Gasteiger charge is 2.27. The zero-order chi connectivity index (χ0) is 12.5. The van der Waals surface area contributed by atoms with Crippen LogP contribution in [0.1, 0.15) is 25.3 Å². The molecule has 4 heteroatoms. The number of nitrogen functional groups attached to an aromatic ring is 1. The predicted octanol–water partition coefficient (Wildman–Crippen LogP) is 2.38. The second-order valence-electron chi connectivity index (χ2n) is 5.13. The van der Waals surface area contributed by atoms with Crippen molar-refractivity contribution in [1.82, 2.24) is 4.90 Å². The van der Waals surface area contributed by atoms with Gasteiger partial charge in [0.1, 0.15) is 0 Å². The van der Waals surface area contributed by atoms with Crippen molar-refractivity contribution in [1.29, 1.82) is 0 Å². The van der Waals surface area contributed by atoms with Gasteiger partial charge in [-0.25, -0.2) is 0 Å². The molecule has 0 bridgehead atoms. The van der Waals surface area contributed by atoms with Crippen LogP contribution in [0.5, 0.6) is 0 Å². The Hall–Kier alpha value is -0.580.